The van der Waals surface area contributed by atoms with E-state index in [-0.39, 0.29) is 74.6 Å². The molecule has 0 aromatic heterocycles. The third-order valence-corrected chi connectivity index (χ3v) is 13.5. The van der Waals surface area contributed by atoms with Crippen LogP contribution in [0, 0.1) is 0 Å². The molecule has 4 heterocycles. The molecule has 4 aliphatic rings. The molecule has 360 valence electrons. The number of ether oxygens (including phenoxy) is 1. The summed E-state index contributed by atoms with van der Waals surface area (Å²) in [6.07, 6.45) is 0.414. The van der Waals surface area contributed by atoms with E-state index in [1.807, 2.05) is 31.2 Å². The number of nitrogens with zero attached hydrogens (tertiary/aromatic N) is 4. The Labute approximate surface area is 397 Å². The fourth-order valence-electron chi connectivity index (χ4n) is 9.25. The summed E-state index contributed by atoms with van der Waals surface area (Å²) in [4.78, 5) is 106. The summed E-state index contributed by atoms with van der Waals surface area (Å²) in [5.41, 5.74) is 0.749. The van der Waals surface area contributed by atoms with Crippen LogP contribution in [0.5, 0.6) is 0 Å². The molecule has 4 fully saturated rings. The van der Waals surface area contributed by atoms with Gasteiger partial charge in [0.25, 0.3) is 0 Å². The highest BCUT2D eigenvalue weighted by Gasteiger charge is 2.49. The molecule has 2 unspecified atom stereocenters. The van der Waals surface area contributed by atoms with Crippen LogP contribution >= 0.6 is 23.2 Å². The van der Waals surface area contributed by atoms with Gasteiger partial charge in [-0.2, -0.15) is 0 Å². The summed E-state index contributed by atoms with van der Waals surface area (Å²) < 4.78 is 5.37. The molecule has 66 heavy (non-hydrogen) atoms. The van der Waals surface area contributed by atoms with Crippen molar-refractivity contribution < 1.29 is 48.2 Å². The molecule has 6 rings (SSSR count). The number of nitrogens with one attached hydrogen (secondary N) is 2. The highest BCUT2D eigenvalue weighted by Crippen LogP contribution is 2.32. The first kappa shape index (κ1) is 51.8. The average molecular weight is 956 g/mol. The Morgan fingerprint density at radius 1 is 0.697 bits per heavy atom. The summed E-state index contributed by atoms with van der Waals surface area (Å²) in [6, 6.07) is 12.2. The van der Waals surface area contributed by atoms with Crippen molar-refractivity contribution in [2.75, 3.05) is 49.1 Å². The Bertz CT molecular complexity index is 2210. The molecule has 4 saturated heterocycles. The Hall–Kier alpha value is -5.22. The van der Waals surface area contributed by atoms with E-state index in [9.17, 15) is 43.5 Å². The first-order valence-electron chi connectivity index (χ1n) is 22.8. The molecule has 18 heteroatoms. The number of anilines is 2. The van der Waals surface area contributed by atoms with Gasteiger partial charge in [-0.1, -0.05) is 37.0 Å². The number of piperazine rings is 2. The number of aliphatic carboxylic acids is 1. The predicted molar refractivity (Wildman–Crippen MR) is 251 cm³/mol. The number of aryl methyl sites for hydroxylation is 2. The van der Waals surface area contributed by atoms with Crippen molar-refractivity contribution in [3.63, 3.8) is 0 Å². The van der Waals surface area contributed by atoms with Crippen LogP contribution in [0.4, 0.5) is 11.4 Å². The summed E-state index contributed by atoms with van der Waals surface area (Å²) in [5.74, 6) is -3.74. The van der Waals surface area contributed by atoms with Gasteiger partial charge in [0.2, 0.25) is 23.6 Å². The molecule has 4 amide bonds. The number of halogens is 2. The number of carbonyl (C=O) groups excluding carboxylic acids is 7. The number of amides is 4. The summed E-state index contributed by atoms with van der Waals surface area (Å²) in [6.45, 7) is 16.9. The standard InChI is InChI=1S/C26H36ClN3O5.C22H28ClN3O5/c1-6-18-13-19(7-8-20(18)27)30-12-11-29(16-17(30)2)23(33)9-10-26(21(31)14-22(32)28-26)15-24(34)35-25(3,4)5;1-3-15-10-16(4-5-17(15)23)26-9-8-25(13-14(26)2)20(29)6-7-22(12-21(30)31)18(27)11-19(28)24-22/h7-8,13,17H,6,9-12,14-16H2,1-5H3,(H,28,32);4-5,10,14H,3,6-9,11-13H2,1-2H3,(H,24,28)(H,30,31)/t17-,26?;14-,22?/m00/s1. The molecule has 4 atom stereocenters. The molecule has 16 nitrogen and oxygen atoms in total. The molecule has 0 bridgehead atoms. The van der Waals surface area contributed by atoms with Crippen molar-refractivity contribution in [3.05, 3.63) is 57.6 Å². The molecule has 0 radical (unpaired) electrons. The zero-order valence-corrected chi connectivity index (χ0v) is 40.6. The van der Waals surface area contributed by atoms with Gasteiger partial charge < -0.3 is 40.1 Å². The number of benzene rings is 2. The lowest BCUT2D eigenvalue weighted by Gasteiger charge is -2.41. The van der Waals surface area contributed by atoms with E-state index in [4.69, 9.17) is 27.9 Å². The van der Waals surface area contributed by atoms with Crippen molar-refractivity contribution in [1.29, 1.82) is 0 Å². The Morgan fingerprint density at radius 2 is 1.11 bits per heavy atom. The smallest absolute Gasteiger partial charge is 0.309 e. The number of hydrogen-bond donors (Lipinski definition) is 3. The number of rotatable bonds is 14. The summed E-state index contributed by atoms with van der Waals surface area (Å²) in [5, 5.41) is 15.8. The van der Waals surface area contributed by atoms with E-state index in [1.165, 1.54) is 0 Å². The van der Waals surface area contributed by atoms with E-state index >= 15 is 0 Å². The van der Waals surface area contributed by atoms with Gasteiger partial charge in [-0.15, -0.1) is 0 Å². The lowest BCUT2D eigenvalue weighted by atomic mass is 9.86. The van der Waals surface area contributed by atoms with Crippen LogP contribution in [-0.4, -0.2) is 130 Å². The van der Waals surface area contributed by atoms with Crippen LogP contribution in [-0.2, 0) is 55.9 Å². The molecule has 0 aliphatic carbocycles. The van der Waals surface area contributed by atoms with Crippen molar-refractivity contribution in [3.8, 4) is 0 Å². The minimum Gasteiger partial charge on any atom is -0.481 e. The van der Waals surface area contributed by atoms with Gasteiger partial charge in [-0.25, -0.2) is 0 Å². The highest BCUT2D eigenvalue weighted by atomic mass is 35.5. The Kier molecular flexibility index (Phi) is 16.9. The predicted octanol–water partition coefficient (Wildman–Crippen LogP) is 5.30. The van der Waals surface area contributed by atoms with Crippen LogP contribution in [0.25, 0.3) is 0 Å². The molecule has 3 N–H and O–H groups in total. The number of Topliss-reactive ketones (excluding diaryl/α,β-unsaturated/α-hetero) is 2. The van der Waals surface area contributed by atoms with Crippen LogP contribution in [0.3, 0.4) is 0 Å². The van der Waals surface area contributed by atoms with Crippen LogP contribution in [0.15, 0.2) is 36.4 Å². The third-order valence-electron chi connectivity index (χ3n) is 12.8. The molecule has 0 spiro atoms. The van der Waals surface area contributed by atoms with E-state index in [0.717, 1.165) is 45.4 Å². The van der Waals surface area contributed by atoms with Crippen LogP contribution < -0.4 is 20.4 Å². The normalized spacial score (nSPS) is 23.3. The molecule has 4 aliphatic heterocycles. The topological polar surface area (TPSA) is 203 Å². The maximum atomic E-state index is 13.1. The van der Waals surface area contributed by atoms with Gasteiger partial charge in [0.1, 0.15) is 16.7 Å². The second kappa shape index (κ2) is 21.6. The SMILES string of the molecule is CCc1cc(N2CCN(C(=O)CCC3(CC(=O)O)NC(=O)CC3=O)C[C@@H]2C)ccc1Cl.CCc1cc(N2CCN(C(=O)CCC3(CC(=O)OC(C)(C)C)NC(=O)CC3=O)C[C@@H]2C)ccc1Cl. The maximum absolute atomic E-state index is 13.1. The highest BCUT2D eigenvalue weighted by molar-refractivity contribution is 6.31. The number of carboxylic acids is 1. The molecule has 2 aromatic carbocycles. The van der Waals surface area contributed by atoms with Gasteiger partial charge in [0.15, 0.2) is 11.6 Å². The second-order valence-electron chi connectivity index (χ2n) is 18.8. The number of carbonyl (C=O) groups is 8. The minimum absolute atomic E-state index is 0.00561. The van der Waals surface area contributed by atoms with Gasteiger partial charge >= 0.3 is 11.9 Å². The monoisotopic (exact) mass is 954 g/mol. The maximum Gasteiger partial charge on any atom is 0.309 e. The summed E-state index contributed by atoms with van der Waals surface area (Å²) >= 11 is 12.5. The molecular formula is C48H64Cl2N6O10. The van der Waals surface area contributed by atoms with Crippen molar-refractivity contribution >= 4 is 81.7 Å². The fraction of sp³-hybridized carbons (Fsp3) is 0.583. The van der Waals surface area contributed by atoms with Gasteiger partial charge in [0.05, 0.1) is 25.7 Å². The zero-order chi connectivity index (χ0) is 48.7. The average Bonchev–Trinajstić information content (AvgIpc) is 3.68. The number of hydrogen-bond acceptors (Lipinski definition) is 11. The third kappa shape index (κ3) is 12.8. The first-order valence-corrected chi connectivity index (χ1v) is 23.5. The van der Waals surface area contributed by atoms with E-state index in [1.54, 1.807) is 30.6 Å². The Balaban J connectivity index is 0.000000249. The van der Waals surface area contributed by atoms with E-state index in [0.29, 0.717) is 39.3 Å². The van der Waals surface area contributed by atoms with Crippen molar-refractivity contribution in [1.82, 2.24) is 20.4 Å². The van der Waals surface area contributed by atoms with Crippen molar-refractivity contribution in [2.24, 2.45) is 0 Å². The molecular weight excluding hydrogens is 891 g/mol. The largest absolute Gasteiger partial charge is 0.481 e. The van der Waals surface area contributed by atoms with Gasteiger partial charge in [0, 0.05) is 85.6 Å². The van der Waals surface area contributed by atoms with Crippen LogP contribution in [0.1, 0.15) is 111 Å². The summed E-state index contributed by atoms with van der Waals surface area (Å²) in [7, 11) is 0. The molecule has 0 saturated carbocycles. The number of esters is 1. The first-order chi connectivity index (χ1) is 31.0. The Morgan fingerprint density at radius 3 is 1.44 bits per heavy atom. The van der Waals surface area contributed by atoms with E-state index < -0.39 is 52.6 Å². The molecule has 2 aromatic rings. The lowest BCUT2D eigenvalue weighted by Crippen LogP contribution is -2.54. The number of carboxylic acid groups (broad SMARTS) is 1. The minimum atomic E-state index is -1.48. The zero-order valence-electron chi connectivity index (χ0n) is 39.1. The van der Waals surface area contributed by atoms with Crippen LogP contribution in [0.2, 0.25) is 10.0 Å². The van der Waals surface area contributed by atoms with Gasteiger partial charge in [-0.05, 0) is 108 Å². The van der Waals surface area contributed by atoms with E-state index in [2.05, 4.69) is 53.3 Å². The van der Waals surface area contributed by atoms with Crippen molar-refractivity contribution in [2.45, 2.75) is 141 Å². The number of ketones is 2. The fourth-order valence-corrected chi connectivity index (χ4v) is 9.76. The van der Waals surface area contributed by atoms with Gasteiger partial charge in [-0.3, -0.25) is 38.4 Å². The second-order valence-corrected chi connectivity index (χ2v) is 19.6. The lowest BCUT2D eigenvalue weighted by molar-refractivity contribution is -0.158. The quantitative estimate of drug-likeness (QED) is 0.163.